The first-order chi connectivity index (χ1) is 11.6. The molecule has 0 heterocycles. The van der Waals surface area contributed by atoms with E-state index in [1.807, 2.05) is 42.7 Å². The molecule has 1 N–H and O–H groups in total. The molecule has 2 rings (SSSR count). The summed E-state index contributed by atoms with van der Waals surface area (Å²) in [5.41, 5.74) is 2.97. The highest BCUT2D eigenvalue weighted by molar-refractivity contribution is 7.98. The lowest BCUT2D eigenvalue weighted by atomic mass is 10.0. The molecule has 5 heteroatoms. The molecule has 1 amide bonds. The maximum atomic E-state index is 11.8. The number of nitrogens with zero attached hydrogens (tertiary/aromatic N) is 1. The first-order valence-electron chi connectivity index (χ1n) is 7.77. The van der Waals surface area contributed by atoms with E-state index in [0.29, 0.717) is 5.92 Å². The molecule has 0 fully saturated rings. The average Bonchev–Trinajstić information content (AvgIpc) is 2.59. The van der Waals surface area contributed by atoms with Crippen molar-refractivity contribution in [2.75, 3.05) is 18.2 Å². The van der Waals surface area contributed by atoms with Crippen LogP contribution in [-0.4, -0.2) is 25.0 Å². The minimum Gasteiger partial charge on any atom is -0.386 e. The minimum absolute atomic E-state index is 0.121. The van der Waals surface area contributed by atoms with Gasteiger partial charge in [0, 0.05) is 10.6 Å². The predicted octanol–water partition coefficient (Wildman–Crippen LogP) is 4.52. The van der Waals surface area contributed by atoms with Gasteiger partial charge in [-0.1, -0.05) is 49.3 Å². The van der Waals surface area contributed by atoms with E-state index in [9.17, 15) is 4.79 Å². The van der Waals surface area contributed by atoms with Crippen LogP contribution in [0.3, 0.4) is 0 Å². The lowest BCUT2D eigenvalue weighted by Crippen LogP contribution is -2.16. The van der Waals surface area contributed by atoms with Crippen LogP contribution in [-0.2, 0) is 9.63 Å². The van der Waals surface area contributed by atoms with Crippen LogP contribution in [0.4, 0.5) is 5.69 Å². The average molecular weight is 342 g/mol. The first kappa shape index (κ1) is 18.1. The van der Waals surface area contributed by atoms with E-state index < -0.39 is 0 Å². The predicted molar refractivity (Wildman–Crippen MR) is 101 cm³/mol. The van der Waals surface area contributed by atoms with Gasteiger partial charge in [-0.05, 0) is 41.5 Å². The Kier molecular flexibility index (Phi) is 6.88. The number of anilines is 1. The van der Waals surface area contributed by atoms with Crippen LogP contribution in [0.1, 0.15) is 30.9 Å². The monoisotopic (exact) mass is 342 g/mol. The molecule has 0 bridgehead atoms. The molecule has 0 aliphatic heterocycles. The molecule has 2 aromatic rings. The summed E-state index contributed by atoms with van der Waals surface area (Å²) in [5.74, 6) is 0.265. The Morgan fingerprint density at radius 1 is 1.25 bits per heavy atom. The molecular formula is C19H22N2O2S. The van der Waals surface area contributed by atoms with E-state index in [1.54, 1.807) is 18.0 Å². The van der Waals surface area contributed by atoms with Gasteiger partial charge in [-0.3, -0.25) is 4.79 Å². The van der Waals surface area contributed by atoms with Gasteiger partial charge < -0.3 is 10.2 Å². The Morgan fingerprint density at radius 2 is 2.00 bits per heavy atom. The molecular weight excluding hydrogens is 320 g/mol. The Morgan fingerprint density at radius 3 is 2.67 bits per heavy atom. The smallest absolute Gasteiger partial charge is 0.265 e. The molecule has 4 nitrogen and oxygen atoms in total. The first-order valence-corrected chi connectivity index (χ1v) is 9.00. The highest BCUT2D eigenvalue weighted by Crippen LogP contribution is 2.18. The largest absolute Gasteiger partial charge is 0.386 e. The van der Waals surface area contributed by atoms with Crippen molar-refractivity contribution >= 4 is 29.6 Å². The van der Waals surface area contributed by atoms with Crippen LogP contribution in [0.5, 0.6) is 0 Å². The molecule has 0 radical (unpaired) electrons. The van der Waals surface area contributed by atoms with Gasteiger partial charge >= 0.3 is 0 Å². The number of thioether (sulfide) groups is 1. The lowest BCUT2D eigenvalue weighted by molar-refractivity contribution is -0.120. The van der Waals surface area contributed by atoms with E-state index in [2.05, 4.69) is 36.5 Å². The Bertz CT molecular complexity index is 697. The normalized spacial score (nSPS) is 11.0. The third-order valence-electron chi connectivity index (χ3n) is 3.43. The summed E-state index contributed by atoms with van der Waals surface area (Å²) in [6, 6.07) is 15.8. The second-order valence-corrected chi connectivity index (χ2v) is 6.49. The molecule has 126 valence electrons. The van der Waals surface area contributed by atoms with Crippen molar-refractivity contribution in [1.29, 1.82) is 0 Å². The molecule has 0 atom stereocenters. The molecule has 0 spiro atoms. The number of hydrogen-bond donors (Lipinski definition) is 1. The number of carbonyl (C=O) groups is 1. The molecule has 2 aromatic carbocycles. The summed E-state index contributed by atoms with van der Waals surface area (Å²) in [5, 5.41) is 6.63. The number of nitrogens with one attached hydrogen (secondary N) is 1. The highest BCUT2D eigenvalue weighted by Gasteiger charge is 2.03. The number of oxime groups is 1. The standard InChI is InChI=1S/C19H22N2O2S/c1-14(2)16-9-7-15(8-10-16)12-20-23-13-19(22)21-17-5-4-6-18(11-17)24-3/h4-12,14H,13H2,1-3H3,(H,21,22)/b20-12-. The van der Waals surface area contributed by atoms with E-state index in [4.69, 9.17) is 4.84 Å². The second kappa shape index (κ2) is 9.13. The van der Waals surface area contributed by atoms with Crippen molar-refractivity contribution in [3.8, 4) is 0 Å². The third kappa shape index (κ3) is 5.74. The molecule has 0 aromatic heterocycles. The molecule has 0 saturated carbocycles. The number of hydrogen-bond acceptors (Lipinski definition) is 4. The fraction of sp³-hybridized carbons (Fsp3) is 0.263. The van der Waals surface area contributed by atoms with Crippen molar-refractivity contribution in [2.24, 2.45) is 5.16 Å². The number of rotatable bonds is 7. The topological polar surface area (TPSA) is 50.7 Å². The quantitative estimate of drug-likeness (QED) is 0.457. The van der Waals surface area contributed by atoms with Crippen molar-refractivity contribution in [1.82, 2.24) is 0 Å². The van der Waals surface area contributed by atoms with Crippen LogP contribution >= 0.6 is 11.8 Å². The second-order valence-electron chi connectivity index (χ2n) is 5.61. The van der Waals surface area contributed by atoms with Crippen LogP contribution in [0.2, 0.25) is 0 Å². The summed E-state index contributed by atoms with van der Waals surface area (Å²) in [6.07, 6.45) is 3.60. The fourth-order valence-electron chi connectivity index (χ4n) is 2.06. The van der Waals surface area contributed by atoms with Crippen LogP contribution in [0.25, 0.3) is 0 Å². The van der Waals surface area contributed by atoms with Crippen molar-refractivity contribution in [3.63, 3.8) is 0 Å². The van der Waals surface area contributed by atoms with Gasteiger partial charge in [-0.25, -0.2) is 0 Å². The fourth-order valence-corrected chi connectivity index (χ4v) is 2.52. The SMILES string of the molecule is CSc1cccc(NC(=O)CO/N=C\c2ccc(C(C)C)cc2)c1. The van der Waals surface area contributed by atoms with Gasteiger partial charge in [-0.15, -0.1) is 11.8 Å². The summed E-state index contributed by atoms with van der Waals surface area (Å²) < 4.78 is 0. The molecule has 0 aliphatic rings. The van der Waals surface area contributed by atoms with Crippen molar-refractivity contribution < 1.29 is 9.63 Å². The summed E-state index contributed by atoms with van der Waals surface area (Å²) in [7, 11) is 0. The minimum atomic E-state index is -0.236. The van der Waals surface area contributed by atoms with Gasteiger partial charge in [0.2, 0.25) is 0 Å². The van der Waals surface area contributed by atoms with Gasteiger partial charge in [0.25, 0.3) is 5.91 Å². The van der Waals surface area contributed by atoms with Crippen molar-refractivity contribution in [3.05, 3.63) is 59.7 Å². The Labute approximate surface area is 147 Å². The van der Waals surface area contributed by atoms with Crippen LogP contribution < -0.4 is 5.32 Å². The summed E-state index contributed by atoms with van der Waals surface area (Å²) in [4.78, 5) is 18.0. The zero-order valence-corrected chi connectivity index (χ0v) is 15.0. The highest BCUT2D eigenvalue weighted by atomic mass is 32.2. The van der Waals surface area contributed by atoms with Gasteiger partial charge in [0.15, 0.2) is 6.61 Å². The van der Waals surface area contributed by atoms with Crippen LogP contribution in [0.15, 0.2) is 58.6 Å². The summed E-state index contributed by atoms with van der Waals surface area (Å²) >= 11 is 1.63. The maximum absolute atomic E-state index is 11.8. The number of carbonyl (C=O) groups excluding carboxylic acids is 1. The van der Waals surface area contributed by atoms with E-state index >= 15 is 0 Å². The molecule has 0 aliphatic carbocycles. The van der Waals surface area contributed by atoms with E-state index in [0.717, 1.165) is 16.1 Å². The molecule has 0 saturated heterocycles. The Balaban J connectivity index is 1.79. The van der Waals surface area contributed by atoms with E-state index in [-0.39, 0.29) is 12.5 Å². The number of benzene rings is 2. The number of amides is 1. The zero-order chi connectivity index (χ0) is 17.4. The van der Waals surface area contributed by atoms with Gasteiger partial charge in [-0.2, -0.15) is 0 Å². The molecule has 24 heavy (non-hydrogen) atoms. The van der Waals surface area contributed by atoms with E-state index in [1.165, 1.54) is 5.56 Å². The summed E-state index contributed by atoms with van der Waals surface area (Å²) in [6.45, 7) is 4.18. The lowest BCUT2D eigenvalue weighted by Gasteiger charge is -2.06. The third-order valence-corrected chi connectivity index (χ3v) is 4.15. The maximum Gasteiger partial charge on any atom is 0.265 e. The molecule has 0 unspecified atom stereocenters. The van der Waals surface area contributed by atoms with Gasteiger partial charge in [0.1, 0.15) is 0 Å². The zero-order valence-electron chi connectivity index (χ0n) is 14.2. The van der Waals surface area contributed by atoms with Gasteiger partial charge in [0.05, 0.1) is 6.21 Å². The van der Waals surface area contributed by atoms with Crippen LogP contribution in [0, 0.1) is 0 Å². The van der Waals surface area contributed by atoms with Crippen molar-refractivity contribution in [2.45, 2.75) is 24.7 Å². The Hall–Kier alpha value is -2.27.